The molecule has 33 heavy (non-hydrogen) atoms. The van der Waals surface area contributed by atoms with E-state index in [1.54, 1.807) is 48.5 Å². The molecular formula is C27H19ClN2O3. The third kappa shape index (κ3) is 4.89. The van der Waals surface area contributed by atoms with E-state index in [2.05, 4.69) is 10.3 Å². The van der Waals surface area contributed by atoms with Gasteiger partial charge >= 0.3 is 0 Å². The summed E-state index contributed by atoms with van der Waals surface area (Å²) in [6, 6.07) is 29.6. The van der Waals surface area contributed by atoms with Gasteiger partial charge in [-0.2, -0.15) is 0 Å². The van der Waals surface area contributed by atoms with E-state index in [0.29, 0.717) is 45.6 Å². The van der Waals surface area contributed by atoms with Gasteiger partial charge in [-0.05, 0) is 66.2 Å². The fourth-order valence-corrected chi connectivity index (χ4v) is 3.52. The molecule has 0 fully saturated rings. The van der Waals surface area contributed by atoms with Crippen LogP contribution in [0.5, 0.6) is 5.75 Å². The van der Waals surface area contributed by atoms with Crippen molar-refractivity contribution in [2.45, 2.75) is 6.61 Å². The number of oxazole rings is 1. The van der Waals surface area contributed by atoms with Crippen LogP contribution in [0.1, 0.15) is 15.9 Å². The number of rotatable bonds is 6. The molecule has 5 rings (SSSR count). The third-order valence-electron chi connectivity index (χ3n) is 5.08. The molecule has 0 aliphatic rings. The molecule has 0 aliphatic heterocycles. The Kier molecular flexibility index (Phi) is 5.79. The number of carbonyl (C=O) groups excluding carboxylic acids is 1. The number of amides is 1. The lowest BCUT2D eigenvalue weighted by Gasteiger charge is -2.09. The first-order chi connectivity index (χ1) is 16.1. The summed E-state index contributed by atoms with van der Waals surface area (Å²) in [5.74, 6) is 0.889. The molecule has 0 aliphatic carbocycles. The van der Waals surface area contributed by atoms with Gasteiger partial charge in [-0.25, -0.2) is 4.98 Å². The van der Waals surface area contributed by atoms with Gasteiger partial charge in [-0.3, -0.25) is 4.79 Å². The molecule has 0 saturated heterocycles. The molecule has 5 nitrogen and oxygen atoms in total. The molecule has 0 atom stereocenters. The van der Waals surface area contributed by atoms with Gasteiger partial charge in [0.25, 0.3) is 5.91 Å². The summed E-state index contributed by atoms with van der Waals surface area (Å²) in [6.45, 7) is 0.435. The number of ether oxygens (including phenoxy) is 1. The van der Waals surface area contributed by atoms with Crippen molar-refractivity contribution in [3.8, 4) is 17.2 Å². The van der Waals surface area contributed by atoms with E-state index in [4.69, 9.17) is 20.8 Å². The minimum atomic E-state index is -0.235. The number of halogens is 1. The number of fused-ring (bicyclic) bond motifs is 1. The smallest absolute Gasteiger partial charge is 0.255 e. The zero-order valence-corrected chi connectivity index (χ0v) is 18.3. The highest BCUT2D eigenvalue weighted by atomic mass is 35.5. The Bertz CT molecular complexity index is 1410. The van der Waals surface area contributed by atoms with Gasteiger partial charge in [0.2, 0.25) is 5.89 Å². The Labute approximate surface area is 195 Å². The maximum absolute atomic E-state index is 12.8. The quantitative estimate of drug-likeness (QED) is 0.300. The highest BCUT2D eigenvalue weighted by molar-refractivity contribution is 6.30. The van der Waals surface area contributed by atoms with Crippen molar-refractivity contribution < 1.29 is 13.9 Å². The zero-order valence-electron chi connectivity index (χ0n) is 17.5. The van der Waals surface area contributed by atoms with Crippen LogP contribution in [0.25, 0.3) is 22.6 Å². The molecule has 0 spiro atoms. The van der Waals surface area contributed by atoms with Crippen LogP contribution in [0.3, 0.4) is 0 Å². The topological polar surface area (TPSA) is 64.4 Å². The fraction of sp³-hybridized carbons (Fsp3) is 0.0370. The summed E-state index contributed by atoms with van der Waals surface area (Å²) in [7, 11) is 0. The molecule has 1 N–H and O–H groups in total. The van der Waals surface area contributed by atoms with Gasteiger partial charge in [-0.15, -0.1) is 0 Å². The Morgan fingerprint density at radius 1 is 0.909 bits per heavy atom. The van der Waals surface area contributed by atoms with Gasteiger partial charge in [-0.1, -0.05) is 48.0 Å². The number of hydrogen-bond donors (Lipinski definition) is 1. The molecule has 0 unspecified atom stereocenters. The van der Waals surface area contributed by atoms with Crippen molar-refractivity contribution in [1.82, 2.24) is 4.98 Å². The standard InChI is InChI=1S/C27H19ClN2O3/c28-21-11-9-19(10-12-21)27-30-24-16-22(13-14-25(24)33-27)29-26(31)20-7-4-8-23(15-20)32-17-18-5-2-1-3-6-18/h1-16H,17H2,(H,29,31). The second kappa shape index (κ2) is 9.18. The first-order valence-electron chi connectivity index (χ1n) is 10.4. The van der Waals surface area contributed by atoms with E-state index >= 15 is 0 Å². The first kappa shape index (κ1) is 20.8. The van der Waals surface area contributed by atoms with E-state index in [0.717, 1.165) is 11.1 Å². The molecule has 0 bridgehead atoms. The highest BCUT2D eigenvalue weighted by Crippen LogP contribution is 2.27. The van der Waals surface area contributed by atoms with Crippen LogP contribution in [0.2, 0.25) is 5.02 Å². The van der Waals surface area contributed by atoms with Crippen LogP contribution in [-0.2, 0) is 6.61 Å². The van der Waals surface area contributed by atoms with Crippen molar-refractivity contribution in [2.75, 3.05) is 5.32 Å². The Hall–Kier alpha value is -4.09. The zero-order chi connectivity index (χ0) is 22.6. The van der Waals surface area contributed by atoms with Crippen molar-refractivity contribution in [3.63, 3.8) is 0 Å². The molecule has 1 heterocycles. The maximum atomic E-state index is 12.8. The monoisotopic (exact) mass is 454 g/mol. The van der Waals surface area contributed by atoms with E-state index in [1.165, 1.54) is 0 Å². The van der Waals surface area contributed by atoms with Crippen molar-refractivity contribution in [2.24, 2.45) is 0 Å². The third-order valence-corrected chi connectivity index (χ3v) is 5.33. The number of anilines is 1. The van der Waals surface area contributed by atoms with E-state index in [1.807, 2.05) is 48.5 Å². The number of aromatic nitrogens is 1. The number of nitrogens with one attached hydrogen (secondary N) is 1. The van der Waals surface area contributed by atoms with Crippen LogP contribution in [-0.4, -0.2) is 10.9 Å². The molecular weight excluding hydrogens is 436 g/mol. The van der Waals surface area contributed by atoms with E-state index in [9.17, 15) is 4.79 Å². The average Bonchev–Trinajstić information content (AvgIpc) is 3.27. The predicted molar refractivity (Wildman–Crippen MR) is 130 cm³/mol. The van der Waals surface area contributed by atoms with Crippen molar-refractivity contribution >= 4 is 34.3 Å². The summed E-state index contributed by atoms with van der Waals surface area (Å²) in [4.78, 5) is 17.4. The SMILES string of the molecule is O=C(Nc1ccc2oc(-c3ccc(Cl)cc3)nc2c1)c1cccc(OCc2ccccc2)c1. The Morgan fingerprint density at radius 3 is 2.55 bits per heavy atom. The largest absolute Gasteiger partial charge is 0.489 e. The lowest BCUT2D eigenvalue weighted by Crippen LogP contribution is -2.12. The van der Waals surface area contributed by atoms with Crippen LogP contribution >= 0.6 is 11.6 Å². The highest BCUT2D eigenvalue weighted by Gasteiger charge is 2.12. The minimum absolute atomic E-state index is 0.235. The minimum Gasteiger partial charge on any atom is -0.489 e. The molecule has 1 amide bonds. The lowest BCUT2D eigenvalue weighted by molar-refractivity contribution is 0.102. The summed E-state index contributed by atoms with van der Waals surface area (Å²) in [6.07, 6.45) is 0. The van der Waals surface area contributed by atoms with Gasteiger partial charge < -0.3 is 14.5 Å². The van der Waals surface area contributed by atoms with Crippen LogP contribution < -0.4 is 10.1 Å². The predicted octanol–water partition coefficient (Wildman–Crippen LogP) is 6.98. The molecule has 6 heteroatoms. The second-order valence-electron chi connectivity index (χ2n) is 7.46. The summed E-state index contributed by atoms with van der Waals surface area (Å²) in [5, 5.41) is 3.56. The molecule has 0 radical (unpaired) electrons. The number of nitrogens with zero attached hydrogens (tertiary/aromatic N) is 1. The molecule has 5 aromatic rings. The summed E-state index contributed by atoms with van der Waals surface area (Å²) in [5.41, 5.74) is 4.30. The van der Waals surface area contributed by atoms with Gasteiger partial charge in [0.15, 0.2) is 5.58 Å². The number of benzene rings is 4. The van der Waals surface area contributed by atoms with Crippen molar-refractivity contribution in [3.05, 3.63) is 113 Å². The maximum Gasteiger partial charge on any atom is 0.255 e. The fourth-order valence-electron chi connectivity index (χ4n) is 3.39. The lowest BCUT2D eigenvalue weighted by atomic mass is 10.2. The van der Waals surface area contributed by atoms with Crippen LogP contribution in [0, 0.1) is 0 Å². The second-order valence-corrected chi connectivity index (χ2v) is 7.90. The summed E-state index contributed by atoms with van der Waals surface area (Å²) < 4.78 is 11.7. The summed E-state index contributed by atoms with van der Waals surface area (Å²) >= 11 is 5.95. The van der Waals surface area contributed by atoms with Gasteiger partial charge in [0.05, 0.1) is 0 Å². The number of carbonyl (C=O) groups is 1. The van der Waals surface area contributed by atoms with E-state index in [-0.39, 0.29) is 5.91 Å². The molecule has 0 saturated carbocycles. The Morgan fingerprint density at radius 2 is 1.73 bits per heavy atom. The average molecular weight is 455 g/mol. The van der Waals surface area contributed by atoms with Gasteiger partial charge in [0.1, 0.15) is 17.9 Å². The Balaban J connectivity index is 1.30. The first-order valence-corrected chi connectivity index (χ1v) is 10.8. The molecule has 162 valence electrons. The molecule has 1 aromatic heterocycles. The van der Waals surface area contributed by atoms with Crippen molar-refractivity contribution in [1.29, 1.82) is 0 Å². The normalized spacial score (nSPS) is 10.8. The van der Waals surface area contributed by atoms with Crippen LogP contribution in [0.4, 0.5) is 5.69 Å². The molecule has 4 aromatic carbocycles. The van der Waals surface area contributed by atoms with E-state index < -0.39 is 0 Å². The number of hydrogen-bond acceptors (Lipinski definition) is 4. The van der Waals surface area contributed by atoms with Crippen LogP contribution in [0.15, 0.2) is 101 Å². The van der Waals surface area contributed by atoms with Gasteiger partial charge in [0, 0.05) is 21.8 Å².